The Kier molecular flexibility index (Phi) is 4.57. The Labute approximate surface area is 125 Å². The lowest BCUT2D eigenvalue weighted by Crippen LogP contribution is -2.09. The van der Waals surface area contributed by atoms with Crippen LogP contribution in [0.15, 0.2) is 36.4 Å². The van der Waals surface area contributed by atoms with E-state index < -0.39 is 5.97 Å². The van der Waals surface area contributed by atoms with Crippen molar-refractivity contribution in [3.8, 4) is 6.07 Å². The zero-order valence-electron chi connectivity index (χ0n) is 10.1. The molecule has 0 aliphatic rings. The van der Waals surface area contributed by atoms with E-state index in [1.807, 2.05) is 6.07 Å². The van der Waals surface area contributed by atoms with Gasteiger partial charge in [0.05, 0.1) is 16.7 Å². The lowest BCUT2D eigenvalue weighted by atomic mass is 10.1. The van der Waals surface area contributed by atoms with Crippen molar-refractivity contribution in [3.63, 3.8) is 0 Å². The lowest BCUT2D eigenvalue weighted by Gasteiger charge is -2.07. The number of halogens is 2. The Morgan fingerprint density at radius 1 is 1.25 bits per heavy atom. The van der Waals surface area contributed by atoms with Crippen LogP contribution in [0.2, 0.25) is 10.2 Å². The van der Waals surface area contributed by atoms with Gasteiger partial charge in [0, 0.05) is 5.56 Å². The van der Waals surface area contributed by atoms with Crippen molar-refractivity contribution >= 4 is 29.2 Å². The molecule has 1 aromatic heterocycles. The molecule has 100 valence electrons. The van der Waals surface area contributed by atoms with Gasteiger partial charge >= 0.3 is 5.97 Å². The zero-order chi connectivity index (χ0) is 14.5. The van der Waals surface area contributed by atoms with Crippen molar-refractivity contribution in [1.29, 1.82) is 5.26 Å². The molecule has 0 fully saturated rings. The molecule has 2 aromatic rings. The minimum atomic E-state index is -0.690. The minimum absolute atomic E-state index is 0.0346. The van der Waals surface area contributed by atoms with E-state index in [9.17, 15) is 4.79 Å². The van der Waals surface area contributed by atoms with Gasteiger partial charge in [-0.15, -0.1) is 0 Å². The second-order valence-electron chi connectivity index (χ2n) is 3.81. The van der Waals surface area contributed by atoms with Gasteiger partial charge in [-0.3, -0.25) is 0 Å². The second kappa shape index (κ2) is 6.38. The summed E-state index contributed by atoms with van der Waals surface area (Å²) in [6.45, 7) is -0.0346. The van der Waals surface area contributed by atoms with Crippen LogP contribution in [0.1, 0.15) is 21.6 Å². The third-order valence-corrected chi connectivity index (χ3v) is 3.02. The normalized spacial score (nSPS) is 9.85. The number of nitriles is 1. The quantitative estimate of drug-likeness (QED) is 0.642. The van der Waals surface area contributed by atoms with Crippen LogP contribution in [0, 0.1) is 11.3 Å². The topological polar surface area (TPSA) is 63.0 Å². The number of nitrogens with zero attached hydrogens (tertiary/aromatic N) is 2. The Morgan fingerprint density at radius 2 is 2.00 bits per heavy atom. The van der Waals surface area contributed by atoms with Crippen LogP contribution in [0.25, 0.3) is 0 Å². The van der Waals surface area contributed by atoms with E-state index in [2.05, 4.69) is 4.98 Å². The smallest absolute Gasteiger partial charge is 0.358 e. The Bertz CT molecular complexity index is 696. The van der Waals surface area contributed by atoms with Crippen molar-refractivity contribution in [2.24, 2.45) is 0 Å². The van der Waals surface area contributed by atoms with Crippen LogP contribution in [0.4, 0.5) is 0 Å². The SMILES string of the molecule is N#Cc1ccccc1COC(=O)c1nc(Cl)ccc1Cl. The summed E-state index contributed by atoms with van der Waals surface area (Å²) in [5.74, 6) is -0.690. The van der Waals surface area contributed by atoms with Crippen LogP contribution in [-0.2, 0) is 11.3 Å². The lowest BCUT2D eigenvalue weighted by molar-refractivity contribution is 0.0465. The maximum absolute atomic E-state index is 11.9. The van der Waals surface area contributed by atoms with Gasteiger partial charge in [-0.1, -0.05) is 41.4 Å². The van der Waals surface area contributed by atoms with E-state index in [-0.39, 0.29) is 22.5 Å². The summed E-state index contributed by atoms with van der Waals surface area (Å²) in [5.41, 5.74) is 1.01. The molecule has 0 unspecified atom stereocenters. The minimum Gasteiger partial charge on any atom is -0.456 e. The summed E-state index contributed by atoms with van der Waals surface area (Å²) in [6, 6.07) is 11.8. The highest BCUT2D eigenvalue weighted by Crippen LogP contribution is 2.18. The predicted molar refractivity (Wildman–Crippen MR) is 74.5 cm³/mol. The van der Waals surface area contributed by atoms with Crippen molar-refractivity contribution in [2.45, 2.75) is 6.61 Å². The highest BCUT2D eigenvalue weighted by molar-refractivity contribution is 6.34. The van der Waals surface area contributed by atoms with Gasteiger partial charge in [0.25, 0.3) is 0 Å². The molecule has 0 radical (unpaired) electrons. The van der Waals surface area contributed by atoms with Crippen LogP contribution in [-0.4, -0.2) is 11.0 Å². The molecule has 0 bridgehead atoms. The number of benzene rings is 1. The molecule has 0 spiro atoms. The fraction of sp³-hybridized carbons (Fsp3) is 0.0714. The van der Waals surface area contributed by atoms with Crippen LogP contribution >= 0.6 is 23.2 Å². The molecule has 6 heteroatoms. The second-order valence-corrected chi connectivity index (χ2v) is 4.60. The third-order valence-electron chi connectivity index (χ3n) is 2.50. The first-order valence-electron chi connectivity index (χ1n) is 5.59. The number of hydrogen-bond acceptors (Lipinski definition) is 4. The van der Waals surface area contributed by atoms with Crippen molar-refractivity contribution in [3.05, 3.63) is 63.4 Å². The molecule has 0 aliphatic carbocycles. The first-order chi connectivity index (χ1) is 9.61. The average molecular weight is 307 g/mol. The fourth-order valence-corrected chi connectivity index (χ4v) is 1.86. The van der Waals surface area contributed by atoms with Gasteiger partial charge in [-0.25, -0.2) is 9.78 Å². The van der Waals surface area contributed by atoms with Crippen LogP contribution in [0.3, 0.4) is 0 Å². The number of esters is 1. The summed E-state index contributed by atoms with van der Waals surface area (Å²) in [7, 11) is 0. The third kappa shape index (κ3) is 3.27. The summed E-state index contributed by atoms with van der Waals surface area (Å²) in [6.07, 6.45) is 0. The van der Waals surface area contributed by atoms with Gasteiger partial charge in [-0.05, 0) is 18.2 Å². The average Bonchev–Trinajstić information content (AvgIpc) is 2.47. The monoisotopic (exact) mass is 306 g/mol. The van der Waals surface area contributed by atoms with E-state index in [4.69, 9.17) is 33.2 Å². The number of hydrogen-bond donors (Lipinski definition) is 0. The molecule has 0 saturated carbocycles. The van der Waals surface area contributed by atoms with Crippen LogP contribution < -0.4 is 0 Å². The van der Waals surface area contributed by atoms with Crippen molar-refractivity contribution < 1.29 is 9.53 Å². The highest BCUT2D eigenvalue weighted by Gasteiger charge is 2.15. The molecule has 0 atom stereocenters. The molecule has 20 heavy (non-hydrogen) atoms. The fourth-order valence-electron chi connectivity index (χ4n) is 1.53. The first kappa shape index (κ1) is 14.3. The summed E-state index contributed by atoms with van der Waals surface area (Å²) < 4.78 is 5.10. The Hall–Kier alpha value is -2.09. The number of ether oxygens (including phenoxy) is 1. The molecule has 2 rings (SSSR count). The Balaban J connectivity index is 2.13. The van der Waals surface area contributed by atoms with E-state index in [0.717, 1.165) is 0 Å². The summed E-state index contributed by atoms with van der Waals surface area (Å²) in [4.78, 5) is 15.7. The zero-order valence-corrected chi connectivity index (χ0v) is 11.6. The van der Waals surface area contributed by atoms with Gasteiger partial charge in [-0.2, -0.15) is 5.26 Å². The molecule has 1 aromatic carbocycles. The van der Waals surface area contributed by atoms with E-state index in [1.165, 1.54) is 12.1 Å². The number of carbonyl (C=O) groups is 1. The number of pyridine rings is 1. The van der Waals surface area contributed by atoms with E-state index in [0.29, 0.717) is 11.1 Å². The van der Waals surface area contributed by atoms with Crippen molar-refractivity contribution in [2.75, 3.05) is 0 Å². The Morgan fingerprint density at radius 3 is 2.75 bits per heavy atom. The molecule has 1 heterocycles. The van der Waals surface area contributed by atoms with E-state index >= 15 is 0 Å². The first-order valence-corrected chi connectivity index (χ1v) is 6.34. The van der Waals surface area contributed by atoms with Gasteiger partial charge in [0.2, 0.25) is 0 Å². The maximum Gasteiger partial charge on any atom is 0.358 e. The number of rotatable bonds is 3. The van der Waals surface area contributed by atoms with Gasteiger partial charge in [0.1, 0.15) is 11.8 Å². The summed E-state index contributed by atoms with van der Waals surface area (Å²) in [5, 5.41) is 9.25. The molecule has 4 nitrogen and oxygen atoms in total. The molecule has 0 aliphatic heterocycles. The number of carbonyl (C=O) groups excluding carboxylic acids is 1. The molecular weight excluding hydrogens is 299 g/mol. The van der Waals surface area contributed by atoms with Crippen LogP contribution in [0.5, 0.6) is 0 Å². The predicted octanol–water partition coefficient (Wildman–Crippen LogP) is 3.62. The molecular formula is C14H8Cl2N2O2. The van der Waals surface area contributed by atoms with Gasteiger partial charge < -0.3 is 4.74 Å². The largest absolute Gasteiger partial charge is 0.456 e. The van der Waals surface area contributed by atoms with Crippen molar-refractivity contribution in [1.82, 2.24) is 4.98 Å². The molecule has 0 saturated heterocycles. The summed E-state index contributed by atoms with van der Waals surface area (Å²) >= 11 is 11.6. The van der Waals surface area contributed by atoms with E-state index in [1.54, 1.807) is 24.3 Å². The molecule has 0 amide bonds. The van der Waals surface area contributed by atoms with Gasteiger partial charge in [0.15, 0.2) is 5.69 Å². The number of aromatic nitrogens is 1. The highest BCUT2D eigenvalue weighted by atomic mass is 35.5. The maximum atomic E-state index is 11.9. The molecule has 0 N–H and O–H groups in total. The standard InChI is InChI=1S/C14H8Cl2N2O2/c15-11-5-6-12(16)18-13(11)14(19)20-8-10-4-2-1-3-9(10)7-17/h1-6H,8H2.